The Bertz CT molecular complexity index is 769. The summed E-state index contributed by atoms with van der Waals surface area (Å²) in [5.74, 6) is 0.906. The largest absolute Gasteiger partial charge is 0.357 e. The summed E-state index contributed by atoms with van der Waals surface area (Å²) in [6.07, 6.45) is 4.93. The number of guanidine groups is 1. The molecule has 3 rings (SSSR count). The van der Waals surface area contributed by atoms with Crippen molar-refractivity contribution in [3.8, 4) is 0 Å². The van der Waals surface area contributed by atoms with Gasteiger partial charge in [-0.25, -0.2) is 4.98 Å². The lowest BCUT2D eigenvalue weighted by molar-refractivity contribution is 0.134. The molecule has 1 aromatic heterocycles. The van der Waals surface area contributed by atoms with E-state index < -0.39 is 0 Å². The van der Waals surface area contributed by atoms with Crippen LogP contribution in [0.5, 0.6) is 0 Å². The van der Waals surface area contributed by atoms with Crippen molar-refractivity contribution < 1.29 is 0 Å². The highest BCUT2D eigenvalue weighted by Crippen LogP contribution is 2.20. The van der Waals surface area contributed by atoms with Gasteiger partial charge in [0.05, 0.1) is 0 Å². The van der Waals surface area contributed by atoms with Crippen LogP contribution >= 0.6 is 35.6 Å². The zero-order valence-corrected chi connectivity index (χ0v) is 20.9. The molecule has 0 aliphatic carbocycles. The fraction of sp³-hybridized carbons (Fsp3) is 0.478. The van der Waals surface area contributed by atoms with E-state index in [1.165, 1.54) is 5.56 Å². The lowest BCUT2D eigenvalue weighted by Crippen LogP contribution is -2.51. The van der Waals surface area contributed by atoms with E-state index in [0.29, 0.717) is 17.2 Å². The maximum Gasteiger partial charge on any atom is 0.191 e. The van der Waals surface area contributed by atoms with Crippen LogP contribution in [0.1, 0.15) is 37.8 Å². The first-order valence-electron chi connectivity index (χ1n) is 10.6. The van der Waals surface area contributed by atoms with E-state index >= 15 is 0 Å². The van der Waals surface area contributed by atoms with Crippen LogP contribution in [0, 0.1) is 0 Å². The number of benzene rings is 1. The van der Waals surface area contributed by atoms with Crippen LogP contribution in [0.2, 0.25) is 5.15 Å². The number of hydrogen-bond donors (Lipinski definition) is 2. The van der Waals surface area contributed by atoms with Crippen molar-refractivity contribution in [1.29, 1.82) is 0 Å². The van der Waals surface area contributed by atoms with E-state index in [-0.39, 0.29) is 24.0 Å². The third-order valence-corrected chi connectivity index (χ3v) is 5.61. The average Bonchev–Trinajstić information content (AvgIpc) is 2.72. The minimum absolute atomic E-state index is 0. The molecule has 2 heterocycles. The molecule has 1 saturated heterocycles. The highest BCUT2D eigenvalue weighted by Gasteiger charge is 2.25. The Morgan fingerprint density at radius 3 is 2.67 bits per heavy atom. The van der Waals surface area contributed by atoms with Gasteiger partial charge in [0, 0.05) is 44.5 Å². The van der Waals surface area contributed by atoms with E-state index in [9.17, 15) is 0 Å². The number of halogens is 2. The predicted octanol–water partition coefficient (Wildman–Crippen LogP) is 4.50. The Morgan fingerprint density at radius 1 is 1.20 bits per heavy atom. The number of pyridine rings is 1. The number of piperidine rings is 1. The maximum atomic E-state index is 5.85. The number of hydrogen-bond acceptors (Lipinski definition) is 3. The predicted molar refractivity (Wildman–Crippen MR) is 137 cm³/mol. The van der Waals surface area contributed by atoms with Gasteiger partial charge in [0.1, 0.15) is 5.15 Å². The van der Waals surface area contributed by atoms with Crippen LogP contribution in [-0.4, -0.2) is 47.6 Å². The summed E-state index contributed by atoms with van der Waals surface area (Å²) in [6.45, 7) is 8.14. The normalized spacial score (nSPS) is 19.8. The van der Waals surface area contributed by atoms with E-state index in [4.69, 9.17) is 16.6 Å². The summed E-state index contributed by atoms with van der Waals surface area (Å²) in [7, 11) is 0. The van der Waals surface area contributed by atoms with Crippen molar-refractivity contribution in [3.63, 3.8) is 0 Å². The second-order valence-corrected chi connectivity index (χ2v) is 8.06. The Labute approximate surface area is 202 Å². The van der Waals surface area contributed by atoms with Crippen LogP contribution in [-0.2, 0) is 13.0 Å². The average molecular weight is 542 g/mol. The molecule has 1 aromatic carbocycles. The lowest BCUT2D eigenvalue weighted by atomic mass is 9.97. The summed E-state index contributed by atoms with van der Waals surface area (Å²) in [5, 5.41) is 7.55. The molecule has 5 nitrogen and oxygen atoms in total. The molecule has 0 radical (unpaired) electrons. The highest BCUT2D eigenvalue weighted by molar-refractivity contribution is 14.0. The second-order valence-electron chi connectivity index (χ2n) is 7.67. The van der Waals surface area contributed by atoms with Gasteiger partial charge in [-0.1, -0.05) is 48.0 Å². The summed E-state index contributed by atoms with van der Waals surface area (Å²) in [6, 6.07) is 15.6. The molecule has 30 heavy (non-hydrogen) atoms. The molecule has 7 heteroatoms. The quantitative estimate of drug-likeness (QED) is 0.235. The van der Waals surface area contributed by atoms with Gasteiger partial charge >= 0.3 is 0 Å². The summed E-state index contributed by atoms with van der Waals surface area (Å²) in [5.41, 5.74) is 2.54. The van der Waals surface area contributed by atoms with Crippen LogP contribution < -0.4 is 10.6 Å². The number of likely N-dealkylation sites (tertiary alicyclic amines) is 1. The van der Waals surface area contributed by atoms with E-state index in [0.717, 1.165) is 57.0 Å². The van der Waals surface area contributed by atoms with E-state index in [2.05, 4.69) is 64.7 Å². The summed E-state index contributed by atoms with van der Waals surface area (Å²) < 4.78 is 0. The second kappa shape index (κ2) is 13.1. The third kappa shape index (κ3) is 8.04. The minimum Gasteiger partial charge on any atom is -0.357 e. The summed E-state index contributed by atoms with van der Waals surface area (Å²) in [4.78, 5) is 11.5. The monoisotopic (exact) mass is 541 g/mol. The molecule has 0 spiro atoms. The smallest absolute Gasteiger partial charge is 0.191 e. The minimum atomic E-state index is 0. The van der Waals surface area contributed by atoms with E-state index in [1.807, 2.05) is 18.3 Å². The Morgan fingerprint density at radius 2 is 2.00 bits per heavy atom. The standard InChI is InChI=1S/C23H32ClN5.HI/c1-3-25-23(26-13-11-19-9-10-22(24)27-16-19)28-21-12-14-29(18(2)15-21)17-20-7-5-4-6-8-20;/h4-10,16,18,21H,3,11-15,17H2,1-2H3,(H2,25,26,28);1H. The van der Waals surface area contributed by atoms with Crippen LogP contribution in [0.3, 0.4) is 0 Å². The fourth-order valence-corrected chi connectivity index (χ4v) is 3.88. The first kappa shape index (κ1) is 24.9. The van der Waals surface area contributed by atoms with Gasteiger partial charge in [0.2, 0.25) is 0 Å². The number of aliphatic imine (C=N–C) groups is 1. The van der Waals surface area contributed by atoms with E-state index in [1.54, 1.807) is 0 Å². The number of rotatable bonds is 7. The molecular weight excluding hydrogens is 509 g/mol. The van der Waals surface area contributed by atoms with Gasteiger partial charge in [-0.05, 0) is 50.3 Å². The SMILES string of the molecule is CCNC(=NCCc1ccc(Cl)nc1)NC1CCN(Cc2ccccc2)C(C)C1.I. The molecule has 1 aliphatic rings. The maximum absolute atomic E-state index is 5.85. The first-order chi connectivity index (χ1) is 14.1. The first-order valence-corrected chi connectivity index (χ1v) is 10.9. The molecule has 0 saturated carbocycles. The van der Waals surface area contributed by atoms with Crippen molar-refractivity contribution in [1.82, 2.24) is 20.5 Å². The van der Waals surface area contributed by atoms with Crippen molar-refractivity contribution >= 4 is 41.5 Å². The number of aromatic nitrogens is 1. The third-order valence-electron chi connectivity index (χ3n) is 5.39. The van der Waals surface area contributed by atoms with Crippen molar-refractivity contribution in [2.24, 2.45) is 4.99 Å². The van der Waals surface area contributed by atoms with Crippen LogP contribution in [0.25, 0.3) is 0 Å². The lowest BCUT2D eigenvalue weighted by Gasteiger charge is -2.38. The van der Waals surface area contributed by atoms with Crippen LogP contribution in [0.4, 0.5) is 0 Å². The van der Waals surface area contributed by atoms with Gasteiger partial charge < -0.3 is 10.6 Å². The highest BCUT2D eigenvalue weighted by atomic mass is 127. The van der Waals surface area contributed by atoms with Gasteiger partial charge in [-0.3, -0.25) is 9.89 Å². The Kier molecular flexibility index (Phi) is 10.9. The molecular formula is C23H33ClIN5. The van der Waals surface area contributed by atoms with Crippen molar-refractivity contribution in [2.75, 3.05) is 19.6 Å². The van der Waals surface area contributed by atoms with Gasteiger partial charge in [-0.15, -0.1) is 24.0 Å². The zero-order valence-electron chi connectivity index (χ0n) is 17.9. The molecule has 1 aliphatic heterocycles. The van der Waals surface area contributed by atoms with Crippen LogP contribution in [0.15, 0.2) is 53.7 Å². The topological polar surface area (TPSA) is 52.6 Å². The molecule has 2 aromatic rings. The zero-order chi connectivity index (χ0) is 20.5. The van der Waals surface area contributed by atoms with Crippen molar-refractivity contribution in [3.05, 3.63) is 64.9 Å². The molecule has 1 fully saturated rings. The van der Waals surface area contributed by atoms with Crippen molar-refractivity contribution in [2.45, 2.75) is 51.7 Å². The molecule has 2 unspecified atom stereocenters. The van der Waals surface area contributed by atoms with Gasteiger partial charge in [0.25, 0.3) is 0 Å². The molecule has 0 amide bonds. The molecule has 2 N–H and O–H groups in total. The van der Waals surface area contributed by atoms with Gasteiger partial charge in [-0.2, -0.15) is 0 Å². The summed E-state index contributed by atoms with van der Waals surface area (Å²) >= 11 is 5.85. The molecule has 2 atom stereocenters. The number of nitrogens with zero attached hydrogens (tertiary/aromatic N) is 3. The number of nitrogens with one attached hydrogen (secondary N) is 2. The Hall–Kier alpha value is -1.38. The van der Waals surface area contributed by atoms with Gasteiger partial charge in [0.15, 0.2) is 5.96 Å². The molecule has 0 bridgehead atoms. The fourth-order valence-electron chi connectivity index (χ4n) is 3.77. The Balaban J connectivity index is 0.00000320. The molecule has 164 valence electrons.